The van der Waals surface area contributed by atoms with Crippen LogP contribution in [0.4, 0.5) is 18.9 Å². The maximum absolute atomic E-state index is 12.7. The molecule has 0 spiro atoms. The highest BCUT2D eigenvalue weighted by Crippen LogP contribution is 2.30. The highest BCUT2D eigenvalue weighted by Gasteiger charge is 2.30. The van der Waals surface area contributed by atoms with E-state index < -0.39 is 11.7 Å². The monoisotopic (exact) mass is 384 g/mol. The molecule has 0 fully saturated rings. The molecule has 0 aliphatic carbocycles. The van der Waals surface area contributed by atoms with Gasteiger partial charge in [0.15, 0.2) is 10.2 Å². The fourth-order valence-corrected chi connectivity index (χ4v) is 2.16. The van der Waals surface area contributed by atoms with E-state index >= 15 is 0 Å². The lowest BCUT2D eigenvalue weighted by molar-refractivity contribution is -0.137. The summed E-state index contributed by atoms with van der Waals surface area (Å²) in [5, 5.41) is 6.01. The zero-order chi connectivity index (χ0) is 18.3. The zero-order valence-corrected chi connectivity index (χ0v) is 14.5. The Hall–Kier alpha value is -2.39. The van der Waals surface area contributed by atoms with Crippen LogP contribution in [0.15, 0.2) is 54.6 Å². The molecular weight excluding hydrogens is 369 g/mol. The third kappa shape index (κ3) is 6.55. The summed E-state index contributed by atoms with van der Waals surface area (Å²) in [6, 6.07) is 14.4. The summed E-state index contributed by atoms with van der Waals surface area (Å²) in [7, 11) is 0. The first-order valence-electron chi connectivity index (χ1n) is 7.16. The number of hydrogen-bond acceptors (Lipinski definition) is 2. The molecule has 0 saturated carbocycles. The molecule has 0 aromatic heterocycles. The number of halogens is 3. The van der Waals surface area contributed by atoms with Crippen molar-refractivity contribution in [3.63, 3.8) is 0 Å². The van der Waals surface area contributed by atoms with Crippen molar-refractivity contribution in [1.29, 1.82) is 0 Å². The first-order chi connectivity index (χ1) is 11.8. The Morgan fingerprint density at radius 1 is 0.880 bits per heavy atom. The van der Waals surface area contributed by atoms with Crippen molar-refractivity contribution in [2.24, 2.45) is 0 Å². The first kappa shape index (κ1) is 18.9. The molecule has 0 aliphatic heterocycles. The number of alkyl halides is 3. The van der Waals surface area contributed by atoms with Crippen LogP contribution in [-0.2, 0) is 12.7 Å². The predicted molar refractivity (Wildman–Crippen MR) is 99.8 cm³/mol. The molecule has 2 aromatic rings. The summed E-state index contributed by atoms with van der Waals surface area (Å²) in [5.74, 6) is 0. The minimum Gasteiger partial charge on any atom is -0.357 e. The van der Waals surface area contributed by atoms with Gasteiger partial charge in [-0.2, -0.15) is 13.2 Å². The van der Waals surface area contributed by atoms with Crippen molar-refractivity contribution in [3.05, 3.63) is 65.7 Å². The van der Waals surface area contributed by atoms with E-state index in [4.69, 9.17) is 24.4 Å². The van der Waals surface area contributed by atoms with E-state index in [9.17, 15) is 13.2 Å². The summed E-state index contributed by atoms with van der Waals surface area (Å²) in [5.41, 5.74) is 5.79. The molecule has 2 rings (SSSR count). The van der Waals surface area contributed by atoms with Crippen molar-refractivity contribution >= 4 is 40.3 Å². The minimum absolute atomic E-state index is 0.0863. The van der Waals surface area contributed by atoms with Crippen LogP contribution >= 0.6 is 24.4 Å². The third-order valence-electron chi connectivity index (χ3n) is 3.03. The molecule has 0 amide bonds. The maximum Gasteiger partial charge on any atom is 0.416 e. The molecule has 0 saturated heterocycles. The molecule has 132 valence electrons. The van der Waals surface area contributed by atoms with Crippen molar-refractivity contribution in [2.75, 3.05) is 5.32 Å². The normalized spacial score (nSPS) is 10.7. The number of benzene rings is 2. The molecule has 4 nitrogen and oxygen atoms in total. The second-order valence-corrected chi connectivity index (χ2v) is 5.77. The van der Waals surface area contributed by atoms with E-state index in [0.717, 1.165) is 17.7 Å². The molecule has 0 atom stereocenters. The Balaban J connectivity index is 1.78. The Bertz CT molecular complexity index is 736. The third-order valence-corrected chi connectivity index (χ3v) is 3.48. The summed E-state index contributed by atoms with van der Waals surface area (Å²) < 4.78 is 38.0. The summed E-state index contributed by atoms with van der Waals surface area (Å²) in [4.78, 5) is 0. The molecule has 0 radical (unpaired) electrons. The van der Waals surface area contributed by atoms with Crippen LogP contribution < -0.4 is 21.5 Å². The molecule has 2 aromatic carbocycles. The van der Waals surface area contributed by atoms with E-state index in [2.05, 4.69) is 21.5 Å². The van der Waals surface area contributed by atoms with Gasteiger partial charge in [0.25, 0.3) is 0 Å². The van der Waals surface area contributed by atoms with Gasteiger partial charge in [-0.3, -0.25) is 10.9 Å². The van der Waals surface area contributed by atoms with E-state index in [-0.39, 0.29) is 10.8 Å². The van der Waals surface area contributed by atoms with Gasteiger partial charge in [-0.1, -0.05) is 36.4 Å². The van der Waals surface area contributed by atoms with Gasteiger partial charge < -0.3 is 10.6 Å². The second-order valence-electron chi connectivity index (χ2n) is 4.95. The van der Waals surface area contributed by atoms with Crippen LogP contribution in [0.3, 0.4) is 0 Å². The van der Waals surface area contributed by atoms with E-state index in [1.165, 1.54) is 12.1 Å². The van der Waals surface area contributed by atoms with Crippen molar-refractivity contribution < 1.29 is 13.2 Å². The quantitative estimate of drug-likeness (QED) is 0.480. The molecule has 0 unspecified atom stereocenters. The van der Waals surface area contributed by atoms with Gasteiger partial charge in [0.1, 0.15) is 0 Å². The van der Waals surface area contributed by atoms with Crippen molar-refractivity contribution in [3.8, 4) is 0 Å². The number of hydrogen-bond donors (Lipinski definition) is 4. The zero-order valence-electron chi connectivity index (χ0n) is 12.9. The van der Waals surface area contributed by atoms with Gasteiger partial charge in [-0.05, 0) is 48.2 Å². The minimum atomic E-state index is -4.41. The topological polar surface area (TPSA) is 48.1 Å². The van der Waals surface area contributed by atoms with Crippen LogP contribution in [-0.4, -0.2) is 10.2 Å². The van der Waals surface area contributed by atoms with Crippen LogP contribution in [0.1, 0.15) is 11.1 Å². The van der Waals surface area contributed by atoms with Gasteiger partial charge in [0, 0.05) is 12.2 Å². The lowest BCUT2D eigenvalue weighted by Gasteiger charge is -2.15. The lowest BCUT2D eigenvalue weighted by Crippen LogP contribution is -2.47. The van der Waals surface area contributed by atoms with E-state index in [1.807, 2.05) is 30.3 Å². The smallest absolute Gasteiger partial charge is 0.357 e. The highest BCUT2D eigenvalue weighted by molar-refractivity contribution is 7.80. The molecular formula is C16H15F3N4S2. The molecule has 0 heterocycles. The van der Waals surface area contributed by atoms with Crippen LogP contribution in [0.2, 0.25) is 0 Å². The highest BCUT2D eigenvalue weighted by atomic mass is 32.1. The summed E-state index contributed by atoms with van der Waals surface area (Å²) in [6.07, 6.45) is -4.41. The number of hydrazine groups is 1. The summed E-state index contributed by atoms with van der Waals surface area (Å²) in [6.45, 7) is 0.530. The number of anilines is 1. The largest absolute Gasteiger partial charge is 0.416 e. The summed E-state index contributed by atoms with van der Waals surface area (Å²) >= 11 is 10.1. The standard InChI is InChI=1S/C16H15F3N4S2/c17-16(18,19)12-7-4-8-13(9-12)21-15(25)23-22-14(24)20-10-11-5-2-1-3-6-11/h1-9H,10H2,(H2,20,22,24)(H2,21,23,25). The number of rotatable bonds is 3. The number of nitrogens with one attached hydrogen (secondary N) is 4. The van der Waals surface area contributed by atoms with Crippen LogP contribution in [0, 0.1) is 0 Å². The molecule has 4 N–H and O–H groups in total. The predicted octanol–water partition coefficient (Wildman–Crippen LogP) is 3.57. The lowest BCUT2D eigenvalue weighted by atomic mass is 10.2. The molecule has 25 heavy (non-hydrogen) atoms. The molecule has 0 aliphatic rings. The Labute approximate surface area is 153 Å². The van der Waals surface area contributed by atoms with Crippen molar-refractivity contribution in [1.82, 2.24) is 16.2 Å². The Morgan fingerprint density at radius 3 is 2.24 bits per heavy atom. The molecule has 0 bridgehead atoms. The van der Waals surface area contributed by atoms with Crippen LogP contribution in [0.5, 0.6) is 0 Å². The fraction of sp³-hybridized carbons (Fsp3) is 0.125. The Morgan fingerprint density at radius 2 is 1.56 bits per heavy atom. The molecule has 9 heteroatoms. The van der Waals surface area contributed by atoms with Gasteiger partial charge in [-0.25, -0.2) is 0 Å². The Kier molecular flexibility index (Phi) is 6.54. The average Bonchev–Trinajstić information content (AvgIpc) is 2.58. The van der Waals surface area contributed by atoms with Crippen LogP contribution in [0.25, 0.3) is 0 Å². The van der Waals surface area contributed by atoms with Gasteiger partial charge >= 0.3 is 6.18 Å². The second kappa shape index (κ2) is 8.63. The fourth-order valence-electron chi connectivity index (χ4n) is 1.87. The van der Waals surface area contributed by atoms with Crippen molar-refractivity contribution in [2.45, 2.75) is 12.7 Å². The number of thiocarbonyl (C=S) groups is 2. The SMILES string of the molecule is FC(F)(F)c1cccc(NC(=S)NNC(=S)NCc2ccccc2)c1. The van der Waals surface area contributed by atoms with Gasteiger partial charge in [-0.15, -0.1) is 0 Å². The average molecular weight is 384 g/mol. The maximum atomic E-state index is 12.7. The van der Waals surface area contributed by atoms with Gasteiger partial charge in [0.05, 0.1) is 5.56 Å². The first-order valence-corrected chi connectivity index (χ1v) is 7.98. The van der Waals surface area contributed by atoms with E-state index in [1.54, 1.807) is 0 Å². The van der Waals surface area contributed by atoms with E-state index in [0.29, 0.717) is 11.7 Å². The van der Waals surface area contributed by atoms with Gasteiger partial charge in [0.2, 0.25) is 0 Å².